The van der Waals surface area contributed by atoms with Crippen molar-refractivity contribution in [3.8, 4) is 68.0 Å². The van der Waals surface area contributed by atoms with Gasteiger partial charge in [-0.1, -0.05) is 48.5 Å². The molecule has 8 rings (SSSR count). The molecule has 248 valence electrons. The molecule has 2 aromatic heterocycles. The summed E-state index contributed by atoms with van der Waals surface area (Å²) in [4.78, 5) is 19.2. The van der Waals surface area contributed by atoms with Crippen LogP contribution in [-0.4, -0.2) is 48.8 Å². The average Bonchev–Trinajstić information content (AvgIpc) is 3.13. The Morgan fingerprint density at radius 1 is 0.353 bits per heavy atom. The number of hydrogen-bond donors (Lipinski definition) is 4. The fourth-order valence-corrected chi connectivity index (χ4v) is 7.26. The van der Waals surface area contributed by atoms with Gasteiger partial charge in [-0.15, -0.1) is 0 Å². The number of aromatic nitrogens is 4. The summed E-state index contributed by atoms with van der Waals surface area (Å²) in [7, 11) is -4.11. The summed E-state index contributed by atoms with van der Waals surface area (Å²) in [6, 6.07) is 35.1. The van der Waals surface area contributed by atoms with Crippen molar-refractivity contribution < 1.29 is 28.8 Å². The molecule has 6 aromatic carbocycles. The van der Waals surface area contributed by atoms with E-state index in [4.69, 9.17) is 19.9 Å². The zero-order valence-corrected chi connectivity index (χ0v) is 27.3. The van der Waals surface area contributed by atoms with E-state index in [0.717, 1.165) is 0 Å². The SMILES string of the molecule is O=S(=O)(c1ccc2nc(-c3cccc(O)c3)c(-c3cccc(O)c3)nc2c1)c1ccc2nc(-c3cccc(O)c3)c(-c3cccc(O)c3)nc2c1. The number of phenolic OH excluding ortho intramolecular Hbond substituents is 4. The molecule has 0 aliphatic heterocycles. The van der Waals surface area contributed by atoms with E-state index in [1.165, 1.54) is 48.5 Å². The summed E-state index contributed by atoms with van der Waals surface area (Å²) < 4.78 is 28.3. The first kappa shape index (κ1) is 31.4. The molecule has 0 spiro atoms. The van der Waals surface area contributed by atoms with E-state index in [0.29, 0.717) is 67.1 Å². The van der Waals surface area contributed by atoms with Crippen molar-refractivity contribution in [2.45, 2.75) is 9.79 Å². The highest BCUT2D eigenvalue weighted by atomic mass is 32.2. The average molecular weight is 691 g/mol. The summed E-state index contributed by atoms with van der Waals surface area (Å²) >= 11 is 0. The van der Waals surface area contributed by atoms with Gasteiger partial charge in [0.2, 0.25) is 9.84 Å². The Kier molecular flexibility index (Phi) is 7.54. The maximum Gasteiger partial charge on any atom is 0.206 e. The molecule has 0 atom stereocenters. The van der Waals surface area contributed by atoms with Gasteiger partial charge in [0.25, 0.3) is 0 Å². The fourth-order valence-electron chi connectivity index (χ4n) is 5.96. The van der Waals surface area contributed by atoms with Crippen molar-refractivity contribution >= 4 is 31.9 Å². The monoisotopic (exact) mass is 690 g/mol. The molecule has 4 N–H and O–H groups in total. The van der Waals surface area contributed by atoms with E-state index in [1.54, 1.807) is 84.9 Å². The number of benzene rings is 6. The Balaban J connectivity index is 1.26. The van der Waals surface area contributed by atoms with Crippen molar-refractivity contribution in [2.24, 2.45) is 0 Å². The Labute approximate surface area is 291 Å². The van der Waals surface area contributed by atoms with Gasteiger partial charge in [0, 0.05) is 22.3 Å². The molecule has 0 aliphatic carbocycles. The molecule has 0 unspecified atom stereocenters. The first-order valence-electron chi connectivity index (χ1n) is 15.7. The van der Waals surface area contributed by atoms with E-state index in [1.807, 2.05) is 0 Å². The van der Waals surface area contributed by atoms with Gasteiger partial charge >= 0.3 is 0 Å². The predicted molar refractivity (Wildman–Crippen MR) is 193 cm³/mol. The van der Waals surface area contributed by atoms with E-state index in [9.17, 15) is 28.8 Å². The Morgan fingerprint density at radius 3 is 0.941 bits per heavy atom. The molecule has 0 fully saturated rings. The molecule has 0 radical (unpaired) electrons. The van der Waals surface area contributed by atoms with Crippen LogP contribution in [0.2, 0.25) is 0 Å². The van der Waals surface area contributed by atoms with Crippen LogP contribution in [0.5, 0.6) is 23.0 Å². The van der Waals surface area contributed by atoms with E-state index in [2.05, 4.69) is 0 Å². The van der Waals surface area contributed by atoms with Crippen LogP contribution in [0, 0.1) is 0 Å². The van der Waals surface area contributed by atoms with E-state index in [-0.39, 0.29) is 32.8 Å². The molecule has 2 heterocycles. The predicted octanol–water partition coefficient (Wildman–Crippen LogP) is 7.90. The quantitative estimate of drug-likeness (QED) is 0.135. The highest BCUT2D eigenvalue weighted by molar-refractivity contribution is 7.91. The Bertz CT molecular complexity index is 2600. The lowest BCUT2D eigenvalue weighted by molar-refractivity contribution is 0.475. The van der Waals surface area contributed by atoms with Gasteiger partial charge < -0.3 is 20.4 Å². The lowest BCUT2D eigenvalue weighted by Crippen LogP contribution is -2.04. The third kappa shape index (κ3) is 5.91. The number of hydrogen-bond acceptors (Lipinski definition) is 10. The van der Waals surface area contributed by atoms with Gasteiger partial charge in [-0.3, -0.25) is 0 Å². The molecule has 51 heavy (non-hydrogen) atoms. The zero-order valence-electron chi connectivity index (χ0n) is 26.5. The Hall–Kier alpha value is -6.85. The number of phenols is 4. The second-order valence-corrected chi connectivity index (χ2v) is 13.8. The lowest BCUT2D eigenvalue weighted by atomic mass is 10.0. The van der Waals surface area contributed by atoms with Crippen LogP contribution in [-0.2, 0) is 9.84 Å². The third-order valence-electron chi connectivity index (χ3n) is 8.37. The molecule has 0 aliphatic rings. The summed E-state index contributed by atoms with van der Waals surface area (Å²) in [5.41, 5.74) is 5.42. The molecule has 10 nitrogen and oxygen atoms in total. The maximum absolute atomic E-state index is 14.2. The van der Waals surface area contributed by atoms with Crippen LogP contribution in [0.25, 0.3) is 67.1 Å². The van der Waals surface area contributed by atoms with Crippen molar-refractivity contribution in [2.75, 3.05) is 0 Å². The summed E-state index contributed by atoms with van der Waals surface area (Å²) in [5.74, 6) is 0.131. The Morgan fingerprint density at radius 2 is 0.647 bits per heavy atom. The molecule has 0 saturated heterocycles. The van der Waals surface area contributed by atoms with Gasteiger partial charge in [0.1, 0.15) is 23.0 Å². The topological polar surface area (TPSA) is 167 Å². The first-order chi connectivity index (χ1) is 24.6. The van der Waals surface area contributed by atoms with Crippen LogP contribution in [0.4, 0.5) is 0 Å². The maximum atomic E-state index is 14.2. The van der Waals surface area contributed by atoms with Crippen molar-refractivity contribution in [1.82, 2.24) is 19.9 Å². The molecular formula is C40H26N4O6S. The minimum atomic E-state index is -4.11. The van der Waals surface area contributed by atoms with Crippen LogP contribution in [0.1, 0.15) is 0 Å². The fraction of sp³-hybridized carbons (Fsp3) is 0. The summed E-state index contributed by atoms with van der Waals surface area (Å²) in [6.45, 7) is 0. The second-order valence-electron chi connectivity index (χ2n) is 11.8. The number of sulfone groups is 1. The van der Waals surface area contributed by atoms with E-state index >= 15 is 0 Å². The molecule has 0 bridgehead atoms. The molecule has 11 heteroatoms. The number of fused-ring (bicyclic) bond motifs is 2. The van der Waals surface area contributed by atoms with Crippen LogP contribution >= 0.6 is 0 Å². The van der Waals surface area contributed by atoms with Crippen LogP contribution in [0.3, 0.4) is 0 Å². The number of rotatable bonds is 6. The van der Waals surface area contributed by atoms with Gasteiger partial charge in [-0.05, 0) is 84.9 Å². The normalized spacial score (nSPS) is 11.6. The minimum Gasteiger partial charge on any atom is -0.508 e. The van der Waals surface area contributed by atoms with Crippen molar-refractivity contribution in [1.29, 1.82) is 0 Å². The van der Waals surface area contributed by atoms with E-state index < -0.39 is 9.84 Å². The zero-order chi connectivity index (χ0) is 35.3. The summed E-state index contributed by atoms with van der Waals surface area (Å²) in [6.07, 6.45) is 0. The van der Waals surface area contributed by atoms with Crippen molar-refractivity contribution in [3.05, 3.63) is 133 Å². The van der Waals surface area contributed by atoms with Crippen molar-refractivity contribution in [3.63, 3.8) is 0 Å². The second kappa shape index (κ2) is 12.2. The lowest BCUT2D eigenvalue weighted by Gasteiger charge is -2.13. The number of aromatic hydroxyl groups is 4. The smallest absolute Gasteiger partial charge is 0.206 e. The molecular weight excluding hydrogens is 665 g/mol. The summed E-state index contributed by atoms with van der Waals surface area (Å²) in [5, 5.41) is 40.8. The van der Waals surface area contributed by atoms with Crippen LogP contribution < -0.4 is 0 Å². The van der Waals surface area contributed by atoms with Crippen LogP contribution in [0.15, 0.2) is 143 Å². The van der Waals surface area contributed by atoms with Gasteiger partial charge in [-0.25, -0.2) is 28.4 Å². The molecule has 8 aromatic rings. The molecule has 0 saturated carbocycles. The highest BCUT2D eigenvalue weighted by Crippen LogP contribution is 2.37. The van der Waals surface area contributed by atoms with Gasteiger partial charge in [0.05, 0.1) is 54.6 Å². The third-order valence-corrected chi connectivity index (χ3v) is 10.1. The standard InChI is InChI=1S/C40H26N4O6S/c45-27-9-1-5-23(17-27)37-39(25-7-3-11-29(47)19-25)43-35-21-31(13-15-33(35)41-37)51(49,50)32-14-16-34-36(22-32)44-40(26-8-4-12-30(48)20-26)38(42-34)24-6-2-10-28(46)18-24/h1-22,45-48H. The van der Waals surface area contributed by atoms with Gasteiger partial charge in [0.15, 0.2) is 0 Å². The van der Waals surface area contributed by atoms with Gasteiger partial charge in [-0.2, -0.15) is 0 Å². The highest BCUT2D eigenvalue weighted by Gasteiger charge is 2.22. The minimum absolute atomic E-state index is 0.0202. The first-order valence-corrected chi connectivity index (χ1v) is 17.2. The molecule has 0 amide bonds. The number of nitrogens with zero attached hydrogens (tertiary/aromatic N) is 4. The largest absolute Gasteiger partial charge is 0.508 e.